The lowest BCUT2D eigenvalue weighted by molar-refractivity contribution is -0.384. The zero-order valence-corrected chi connectivity index (χ0v) is 10.9. The summed E-state index contributed by atoms with van der Waals surface area (Å²) in [7, 11) is 1.42. The number of amides is 1. The van der Waals surface area contributed by atoms with Gasteiger partial charge in [0.05, 0.1) is 18.1 Å². The molecule has 2 N–H and O–H groups in total. The Labute approximate surface area is 111 Å². The molecule has 1 amide bonds. The van der Waals surface area contributed by atoms with Gasteiger partial charge in [-0.1, -0.05) is 6.92 Å². The van der Waals surface area contributed by atoms with Gasteiger partial charge in [0.15, 0.2) is 0 Å². The summed E-state index contributed by atoms with van der Waals surface area (Å²) < 4.78 is 4.92. The standard InChI is InChI=1S/C12H17N3O4/c1-3-13-7-6-12(16)14-10-5-4-9(19-2)8-11(10)15(17)18/h4-5,8,13H,3,6-7H2,1-2H3,(H,14,16). The average molecular weight is 267 g/mol. The van der Waals surface area contributed by atoms with Crippen LogP contribution < -0.4 is 15.4 Å². The third kappa shape index (κ3) is 4.55. The molecule has 0 aliphatic heterocycles. The minimum atomic E-state index is -0.553. The van der Waals surface area contributed by atoms with Crippen LogP contribution in [0.1, 0.15) is 13.3 Å². The van der Waals surface area contributed by atoms with E-state index >= 15 is 0 Å². The molecule has 0 aromatic heterocycles. The molecule has 0 radical (unpaired) electrons. The third-order valence-corrected chi connectivity index (χ3v) is 2.45. The van der Waals surface area contributed by atoms with Crippen molar-refractivity contribution in [3.63, 3.8) is 0 Å². The van der Waals surface area contributed by atoms with E-state index in [0.717, 1.165) is 6.54 Å². The average Bonchev–Trinajstić information content (AvgIpc) is 2.39. The maximum absolute atomic E-state index is 11.6. The van der Waals surface area contributed by atoms with Crippen molar-refractivity contribution < 1.29 is 14.5 Å². The van der Waals surface area contributed by atoms with Crippen LogP contribution in [-0.4, -0.2) is 31.0 Å². The number of carbonyl (C=O) groups excluding carboxylic acids is 1. The van der Waals surface area contributed by atoms with E-state index in [1.165, 1.54) is 19.2 Å². The van der Waals surface area contributed by atoms with Crippen molar-refractivity contribution in [2.45, 2.75) is 13.3 Å². The van der Waals surface area contributed by atoms with Crippen LogP contribution in [0.25, 0.3) is 0 Å². The van der Waals surface area contributed by atoms with E-state index in [0.29, 0.717) is 12.3 Å². The van der Waals surface area contributed by atoms with Crippen LogP contribution in [0.3, 0.4) is 0 Å². The van der Waals surface area contributed by atoms with E-state index in [2.05, 4.69) is 10.6 Å². The zero-order valence-electron chi connectivity index (χ0n) is 10.9. The van der Waals surface area contributed by atoms with Crippen molar-refractivity contribution in [2.75, 3.05) is 25.5 Å². The van der Waals surface area contributed by atoms with Crippen molar-refractivity contribution in [1.29, 1.82) is 0 Å². The highest BCUT2D eigenvalue weighted by molar-refractivity contribution is 5.93. The van der Waals surface area contributed by atoms with Crippen LogP contribution in [-0.2, 0) is 4.79 Å². The van der Waals surface area contributed by atoms with E-state index in [1.807, 2.05) is 6.92 Å². The summed E-state index contributed by atoms with van der Waals surface area (Å²) in [6, 6.07) is 4.30. The van der Waals surface area contributed by atoms with E-state index in [-0.39, 0.29) is 23.7 Å². The van der Waals surface area contributed by atoms with Gasteiger partial charge >= 0.3 is 0 Å². The fourth-order valence-corrected chi connectivity index (χ4v) is 1.49. The summed E-state index contributed by atoms with van der Waals surface area (Å²) in [5.41, 5.74) is -0.0107. The number of nitro groups is 1. The molecule has 0 spiro atoms. The van der Waals surface area contributed by atoms with Gasteiger partial charge < -0.3 is 15.4 Å². The minimum Gasteiger partial charge on any atom is -0.496 e. The highest BCUT2D eigenvalue weighted by Crippen LogP contribution is 2.28. The number of methoxy groups -OCH3 is 1. The molecule has 0 aliphatic rings. The lowest BCUT2D eigenvalue weighted by atomic mass is 10.2. The number of ether oxygens (including phenoxy) is 1. The molecule has 0 aliphatic carbocycles. The molecule has 0 heterocycles. The zero-order chi connectivity index (χ0) is 14.3. The smallest absolute Gasteiger partial charge is 0.296 e. The van der Waals surface area contributed by atoms with Gasteiger partial charge in [-0.25, -0.2) is 0 Å². The molecular formula is C12H17N3O4. The second kappa shape index (κ2) is 7.32. The van der Waals surface area contributed by atoms with Crippen molar-refractivity contribution in [3.8, 4) is 5.75 Å². The van der Waals surface area contributed by atoms with Crippen LogP contribution in [0, 0.1) is 10.1 Å². The molecule has 0 fully saturated rings. The Hall–Kier alpha value is -2.15. The first-order valence-electron chi connectivity index (χ1n) is 5.91. The van der Waals surface area contributed by atoms with Gasteiger partial charge in [-0.2, -0.15) is 0 Å². The topological polar surface area (TPSA) is 93.5 Å². The Morgan fingerprint density at radius 3 is 2.79 bits per heavy atom. The highest BCUT2D eigenvalue weighted by Gasteiger charge is 2.16. The fraction of sp³-hybridized carbons (Fsp3) is 0.417. The number of nitrogens with zero attached hydrogens (tertiary/aromatic N) is 1. The number of rotatable bonds is 7. The second-order valence-electron chi connectivity index (χ2n) is 3.79. The van der Waals surface area contributed by atoms with Crippen molar-refractivity contribution in [3.05, 3.63) is 28.3 Å². The molecule has 1 rings (SSSR count). The number of benzene rings is 1. The van der Waals surface area contributed by atoms with E-state index in [1.54, 1.807) is 6.07 Å². The molecule has 0 saturated heterocycles. The predicted octanol–water partition coefficient (Wildman–Crippen LogP) is 1.54. The van der Waals surface area contributed by atoms with Crippen LogP contribution in [0.5, 0.6) is 5.75 Å². The summed E-state index contributed by atoms with van der Waals surface area (Å²) in [6.45, 7) is 3.24. The highest BCUT2D eigenvalue weighted by atomic mass is 16.6. The molecule has 0 saturated carbocycles. The summed E-state index contributed by atoms with van der Waals surface area (Å²) in [5, 5.41) is 16.4. The monoisotopic (exact) mass is 267 g/mol. The normalized spacial score (nSPS) is 10.0. The van der Waals surface area contributed by atoms with Gasteiger partial charge in [-0.15, -0.1) is 0 Å². The molecular weight excluding hydrogens is 250 g/mol. The molecule has 7 heteroatoms. The Balaban J connectivity index is 2.77. The van der Waals surface area contributed by atoms with Gasteiger partial charge in [0.1, 0.15) is 11.4 Å². The second-order valence-corrected chi connectivity index (χ2v) is 3.79. The fourth-order valence-electron chi connectivity index (χ4n) is 1.49. The molecule has 104 valence electrons. The van der Waals surface area contributed by atoms with Crippen molar-refractivity contribution in [1.82, 2.24) is 5.32 Å². The Morgan fingerprint density at radius 2 is 2.21 bits per heavy atom. The lowest BCUT2D eigenvalue weighted by Gasteiger charge is -2.07. The third-order valence-electron chi connectivity index (χ3n) is 2.45. The van der Waals surface area contributed by atoms with Gasteiger partial charge in [-0.05, 0) is 18.7 Å². The predicted molar refractivity (Wildman–Crippen MR) is 71.4 cm³/mol. The number of nitro benzene ring substituents is 1. The van der Waals surface area contributed by atoms with Crippen molar-refractivity contribution in [2.24, 2.45) is 0 Å². The molecule has 0 unspecified atom stereocenters. The number of hydrogen-bond acceptors (Lipinski definition) is 5. The van der Waals surface area contributed by atoms with E-state index < -0.39 is 4.92 Å². The SMILES string of the molecule is CCNCCC(=O)Nc1ccc(OC)cc1[N+](=O)[O-]. The number of nitrogens with one attached hydrogen (secondary N) is 2. The summed E-state index contributed by atoms with van der Waals surface area (Å²) in [4.78, 5) is 22.0. The summed E-state index contributed by atoms with van der Waals surface area (Å²) >= 11 is 0. The maximum Gasteiger partial charge on any atom is 0.296 e. The van der Waals surface area contributed by atoms with Gasteiger partial charge in [0.2, 0.25) is 5.91 Å². The molecule has 7 nitrogen and oxygen atoms in total. The van der Waals surface area contributed by atoms with Crippen LogP contribution in [0.2, 0.25) is 0 Å². The molecule has 19 heavy (non-hydrogen) atoms. The van der Waals surface area contributed by atoms with E-state index in [9.17, 15) is 14.9 Å². The largest absolute Gasteiger partial charge is 0.496 e. The molecule has 1 aromatic rings. The van der Waals surface area contributed by atoms with E-state index in [4.69, 9.17) is 4.74 Å². The number of hydrogen-bond donors (Lipinski definition) is 2. The molecule has 0 atom stereocenters. The van der Waals surface area contributed by atoms with Crippen LogP contribution >= 0.6 is 0 Å². The Kier molecular flexibility index (Phi) is 5.74. The van der Waals surface area contributed by atoms with Crippen LogP contribution in [0.15, 0.2) is 18.2 Å². The number of anilines is 1. The minimum absolute atomic E-state index is 0.173. The van der Waals surface area contributed by atoms with Crippen LogP contribution in [0.4, 0.5) is 11.4 Å². The maximum atomic E-state index is 11.6. The summed E-state index contributed by atoms with van der Waals surface area (Å²) in [5.74, 6) is 0.103. The number of carbonyl (C=O) groups is 1. The van der Waals surface area contributed by atoms with Gasteiger partial charge in [-0.3, -0.25) is 14.9 Å². The Bertz CT molecular complexity index is 462. The molecule has 1 aromatic carbocycles. The summed E-state index contributed by atoms with van der Waals surface area (Å²) in [6.07, 6.45) is 0.261. The first-order valence-corrected chi connectivity index (χ1v) is 5.91. The van der Waals surface area contributed by atoms with Gasteiger partial charge in [0, 0.05) is 13.0 Å². The Morgan fingerprint density at radius 1 is 1.47 bits per heavy atom. The first-order chi connectivity index (χ1) is 9.08. The quantitative estimate of drug-likeness (QED) is 0.444. The van der Waals surface area contributed by atoms with Crippen molar-refractivity contribution >= 4 is 17.3 Å². The van der Waals surface area contributed by atoms with Gasteiger partial charge in [0.25, 0.3) is 5.69 Å². The lowest BCUT2D eigenvalue weighted by Crippen LogP contribution is -2.21. The molecule has 0 bridgehead atoms. The first kappa shape index (κ1) is 14.9.